The van der Waals surface area contributed by atoms with Gasteiger partial charge in [-0.3, -0.25) is 9.59 Å². The normalized spacial score (nSPS) is 16.1. The van der Waals surface area contributed by atoms with Gasteiger partial charge in [-0.05, 0) is 24.6 Å². The molecule has 3 rings (SSSR count). The van der Waals surface area contributed by atoms with Crippen LogP contribution in [0.5, 0.6) is 0 Å². The zero-order valence-corrected chi connectivity index (χ0v) is 15.2. The lowest BCUT2D eigenvalue weighted by atomic mass is 10.1. The minimum absolute atomic E-state index is 0.0617. The van der Waals surface area contributed by atoms with Crippen LogP contribution in [0, 0.1) is 0 Å². The highest BCUT2D eigenvalue weighted by Crippen LogP contribution is 2.05. The summed E-state index contributed by atoms with van der Waals surface area (Å²) in [4.78, 5) is 28.1. The predicted octanol–water partition coefficient (Wildman–Crippen LogP) is 0.732. The fraction of sp³-hybridized carbons (Fsp3) is 0.333. The number of piperazine rings is 1. The maximum absolute atomic E-state index is 12.5. The van der Waals surface area contributed by atoms with Crippen molar-refractivity contribution in [1.82, 2.24) is 10.2 Å². The summed E-state index contributed by atoms with van der Waals surface area (Å²) >= 11 is 0. The first-order valence-electron chi connectivity index (χ1n) is 9.15. The third-order valence-electron chi connectivity index (χ3n) is 5.03. The molecule has 1 aliphatic rings. The molecule has 0 saturated carbocycles. The van der Waals surface area contributed by atoms with E-state index in [9.17, 15) is 9.59 Å². The number of rotatable bonds is 5. The molecule has 0 aliphatic carbocycles. The summed E-state index contributed by atoms with van der Waals surface area (Å²) in [5, 5.41) is 3.02. The van der Waals surface area contributed by atoms with Crippen LogP contribution in [-0.2, 0) is 11.3 Å². The van der Waals surface area contributed by atoms with Crippen LogP contribution in [0.15, 0.2) is 60.7 Å². The van der Waals surface area contributed by atoms with Gasteiger partial charge in [0.05, 0.1) is 26.2 Å². The van der Waals surface area contributed by atoms with Gasteiger partial charge in [-0.25, -0.2) is 0 Å². The molecule has 2 N–H and O–H groups in total. The van der Waals surface area contributed by atoms with Gasteiger partial charge >= 0.3 is 0 Å². The smallest absolute Gasteiger partial charge is 0.278 e. The van der Waals surface area contributed by atoms with E-state index in [0.29, 0.717) is 19.6 Å². The Hall–Kier alpha value is -2.66. The summed E-state index contributed by atoms with van der Waals surface area (Å²) in [6.07, 6.45) is 0. The molecular weight excluding hydrogens is 326 g/mol. The lowest BCUT2D eigenvalue weighted by Gasteiger charge is -2.34. The molecule has 1 atom stereocenters. The number of hydrogen-bond donors (Lipinski definition) is 2. The number of carbonyl (C=O) groups excluding carboxylic acids is 2. The SMILES string of the molecule is C[C@H](C(=O)NCc1ccccc1)[NH+]1CCN(C(=O)c2ccccc2)CC1. The molecule has 5 nitrogen and oxygen atoms in total. The largest absolute Gasteiger partial charge is 0.347 e. The second-order valence-corrected chi connectivity index (χ2v) is 6.74. The fourth-order valence-corrected chi connectivity index (χ4v) is 3.32. The van der Waals surface area contributed by atoms with E-state index >= 15 is 0 Å². The Morgan fingerprint density at radius 2 is 1.58 bits per heavy atom. The Morgan fingerprint density at radius 1 is 1.00 bits per heavy atom. The van der Waals surface area contributed by atoms with Crippen molar-refractivity contribution >= 4 is 11.8 Å². The van der Waals surface area contributed by atoms with Gasteiger partial charge in [-0.1, -0.05) is 48.5 Å². The van der Waals surface area contributed by atoms with E-state index < -0.39 is 0 Å². The lowest BCUT2D eigenvalue weighted by molar-refractivity contribution is -0.917. The summed E-state index contributed by atoms with van der Waals surface area (Å²) in [5.74, 6) is 0.137. The van der Waals surface area contributed by atoms with Crippen LogP contribution >= 0.6 is 0 Å². The molecule has 1 aliphatic heterocycles. The average molecular weight is 352 g/mol. The molecule has 2 aromatic carbocycles. The quantitative estimate of drug-likeness (QED) is 0.834. The second-order valence-electron chi connectivity index (χ2n) is 6.74. The van der Waals surface area contributed by atoms with Crippen molar-refractivity contribution < 1.29 is 14.5 Å². The molecule has 1 fully saturated rings. The van der Waals surface area contributed by atoms with Crippen molar-refractivity contribution in [1.29, 1.82) is 0 Å². The highest BCUT2D eigenvalue weighted by molar-refractivity contribution is 5.94. The Bertz CT molecular complexity index is 725. The topological polar surface area (TPSA) is 53.9 Å². The van der Waals surface area contributed by atoms with Crippen molar-refractivity contribution in [3.63, 3.8) is 0 Å². The molecule has 2 amide bonds. The molecule has 1 saturated heterocycles. The Kier molecular flexibility index (Phi) is 6.02. The summed E-state index contributed by atoms with van der Waals surface area (Å²) in [6.45, 7) is 5.45. The monoisotopic (exact) mass is 352 g/mol. The number of amides is 2. The molecule has 2 aromatic rings. The molecule has 0 bridgehead atoms. The van der Waals surface area contributed by atoms with Gasteiger partial charge in [-0.2, -0.15) is 0 Å². The average Bonchev–Trinajstić information content (AvgIpc) is 2.72. The third kappa shape index (κ3) is 4.49. The van der Waals surface area contributed by atoms with Crippen molar-refractivity contribution in [3.8, 4) is 0 Å². The number of nitrogens with one attached hydrogen (secondary N) is 2. The first-order chi connectivity index (χ1) is 12.6. The van der Waals surface area contributed by atoms with Crippen LogP contribution in [0.2, 0.25) is 0 Å². The Balaban J connectivity index is 1.48. The van der Waals surface area contributed by atoms with Gasteiger partial charge in [-0.15, -0.1) is 0 Å². The van der Waals surface area contributed by atoms with Crippen molar-refractivity contribution in [2.75, 3.05) is 26.2 Å². The van der Waals surface area contributed by atoms with E-state index in [4.69, 9.17) is 0 Å². The van der Waals surface area contributed by atoms with Gasteiger partial charge in [0, 0.05) is 12.1 Å². The Labute approximate surface area is 154 Å². The van der Waals surface area contributed by atoms with E-state index in [0.717, 1.165) is 24.2 Å². The van der Waals surface area contributed by atoms with Crippen molar-refractivity contribution in [2.45, 2.75) is 19.5 Å². The van der Waals surface area contributed by atoms with Crippen LogP contribution in [0.1, 0.15) is 22.8 Å². The first kappa shape index (κ1) is 18.1. The van der Waals surface area contributed by atoms with Gasteiger partial charge in [0.2, 0.25) is 0 Å². The third-order valence-corrected chi connectivity index (χ3v) is 5.03. The zero-order valence-electron chi connectivity index (χ0n) is 15.2. The number of hydrogen-bond acceptors (Lipinski definition) is 2. The standard InChI is InChI=1S/C21H25N3O2/c1-17(20(25)22-16-18-8-4-2-5-9-18)23-12-14-24(15-13-23)21(26)19-10-6-3-7-11-19/h2-11,17H,12-16H2,1H3,(H,22,25)/p+1/t17-/m1/s1. The van der Waals surface area contributed by atoms with Gasteiger partial charge < -0.3 is 15.1 Å². The van der Waals surface area contributed by atoms with Gasteiger partial charge in [0.25, 0.3) is 11.8 Å². The predicted molar refractivity (Wildman–Crippen MR) is 101 cm³/mol. The molecule has 5 heteroatoms. The fourth-order valence-electron chi connectivity index (χ4n) is 3.32. The molecule has 0 unspecified atom stereocenters. The summed E-state index contributed by atoms with van der Waals surface area (Å²) < 4.78 is 0. The number of benzene rings is 2. The van der Waals surface area contributed by atoms with E-state index in [-0.39, 0.29) is 17.9 Å². The minimum Gasteiger partial charge on any atom is -0.347 e. The molecule has 0 spiro atoms. The van der Waals surface area contributed by atoms with E-state index in [1.165, 1.54) is 4.90 Å². The molecule has 0 radical (unpaired) electrons. The van der Waals surface area contributed by atoms with Crippen molar-refractivity contribution in [2.24, 2.45) is 0 Å². The van der Waals surface area contributed by atoms with Crippen LogP contribution in [0.3, 0.4) is 0 Å². The van der Waals surface area contributed by atoms with Crippen molar-refractivity contribution in [3.05, 3.63) is 71.8 Å². The van der Waals surface area contributed by atoms with Crippen LogP contribution in [0.25, 0.3) is 0 Å². The van der Waals surface area contributed by atoms with E-state index in [1.54, 1.807) is 0 Å². The van der Waals surface area contributed by atoms with E-state index in [1.807, 2.05) is 72.5 Å². The first-order valence-corrected chi connectivity index (χ1v) is 9.15. The zero-order chi connectivity index (χ0) is 18.4. The van der Waals surface area contributed by atoms with Gasteiger partial charge in [0.1, 0.15) is 0 Å². The van der Waals surface area contributed by atoms with Crippen LogP contribution < -0.4 is 10.2 Å². The highest BCUT2D eigenvalue weighted by Gasteiger charge is 2.30. The summed E-state index contributed by atoms with van der Waals surface area (Å²) in [6, 6.07) is 19.2. The van der Waals surface area contributed by atoms with E-state index in [2.05, 4.69) is 5.32 Å². The lowest BCUT2D eigenvalue weighted by Crippen LogP contribution is -3.19. The molecule has 0 aromatic heterocycles. The highest BCUT2D eigenvalue weighted by atomic mass is 16.2. The Morgan fingerprint density at radius 3 is 2.19 bits per heavy atom. The summed E-state index contributed by atoms with van der Waals surface area (Å²) in [7, 11) is 0. The number of nitrogens with zero attached hydrogens (tertiary/aromatic N) is 1. The summed E-state index contributed by atoms with van der Waals surface area (Å²) in [5.41, 5.74) is 1.82. The molecule has 136 valence electrons. The molecule has 26 heavy (non-hydrogen) atoms. The maximum Gasteiger partial charge on any atom is 0.278 e. The van der Waals surface area contributed by atoms with Gasteiger partial charge in [0.15, 0.2) is 6.04 Å². The molecule has 1 heterocycles. The van der Waals surface area contributed by atoms with Crippen LogP contribution in [0.4, 0.5) is 0 Å². The number of quaternary nitrogens is 1. The minimum atomic E-state index is -0.118. The number of carbonyl (C=O) groups is 2. The van der Waals surface area contributed by atoms with Crippen LogP contribution in [-0.4, -0.2) is 48.9 Å². The second kappa shape index (κ2) is 8.63. The maximum atomic E-state index is 12.5. The molecular formula is C21H26N3O2+.